The molecule has 2 amide bonds. The van der Waals surface area contributed by atoms with Crippen LogP contribution in [0.5, 0.6) is 0 Å². The highest BCUT2D eigenvalue weighted by Crippen LogP contribution is 2.45. The van der Waals surface area contributed by atoms with E-state index in [-0.39, 0.29) is 36.9 Å². The minimum Gasteiger partial charge on any atom is -0.466 e. The second kappa shape index (κ2) is 10.9. The first kappa shape index (κ1) is 24.4. The van der Waals surface area contributed by atoms with Crippen LogP contribution in [-0.2, 0) is 19.1 Å². The van der Waals surface area contributed by atoms with Gasteiger partial charge < -0.3 is 20.1 Å². The Labute approximate surface area is 180 Å². The number of esters is 1. The molecule has 0 radical (unpaired) electrons. The highest BCUT2D eigenvalue weighted by atomic mass is 16.5. The van der Waals surface area contributed by atoms with Gasteiger partial charge in [-0.2, -0.15) is 0 Å². The lowest BCUT2D eigenvalue weighted by Crippen LogP contribution is -2.52. The fourth-order valence-corrected chi connectivity index (χ4v) is 4.85. The van der Waals surface area contributed by atoms with Crippen LogP contribution in [-0.4, -0.2) is 59.6 Å². The number of ether oxygens (including phenoxy) is 1. The molecule has 0 aromatic carbocycles. The molecule has 7 nitrogen and oxygen atoms in total. The predicted octanol–water partition coefficient (Wildman–Crippen LogP) is 2.14. The van der Waals surface area contributed by atoms with E-state index in [1.54, 1.807) is 11.8 Å². The summed E-state index contributed by atoms with van der Waals surface area (Å²) in [6, 6.07) is -1.19. The summed E-state index contributed by atoms with van der Waals surface area (Å²) in [4.78, 5) is 41.1. The molecule has 1 heterocycles. The van der Waals surface area contributed by atoms with E-state index in [4.69, 9.17) is 4.74 Å². The Balaban J connectivity index is 2.44. The number of nitrogens with zero attached hydrogens (tertiary/aromatic N) is 1. The molecule has 1 aliphatic heterocycles. The first-order chi connectivity index (χ1) is 14.3. The molecule has 2 N–H and O–H groups in total. The van der Waals surface area contributed by atoms with Gasteiger partial charge in [0.2, 0.25) is 11.8 Å². The number of carbonyl (C=O) groups is 3. The molecule has 1 fully saturated rings. The van der Waals surface area contributed by atoms with E-state index in [9.17, 15) is 19.5 Å². The standard InChI is InChI=1S/C23H38N2O5/c1-6-8-11-24-21(27)20-17-10-9-15(5)18(23(29)30-7-2)19(17)22(28)25(20)16(13-26)12-14(3)4/h9-10,14-20,26H,6-8,11-13H2,1-5H3,(H,24,27)/t15-,16-,17+,18-,19-,20+/m1/s1. The number of unbranched alkanes of at least 4 members (excludes halogenated alkanes) is 1. The first-order valence-electron chi connectivity index (χ1n) is 11.3. The highest BCUT2D eigenvalue weighted by Gasteiger charge is 2.58. The van der Waals surface area contributed by atoms with Crippen LogP contribution < -0.4 is 5.32 Å². The average Bonchev–Trinajstić information content (AvgIpc) is 2.98. The van der Waals surface area contributed by atoms with Gasteiger partial charge in [-0.15, -0.1) is 0 Å². The Morgan fingerprint density at radius 3 is 2.53 bits per heavy atom. The Bertz CT molecular complexity index is 648. The lowest BCUT2D eigenvalue weighted by molar-refractivity contribution is -0.156. The van der Waals surface area contributed by atoms with Crippen molar-refractivity contribution in [1.82, 2.24) is 10.2 Å². The number of aliphatic hydroxyl groups excluding tert-OH is 1. The number of carbonyl (C=O) groups excluding carboxylic acids is 3. The average molecular weight is 423 g/mol. The smallest absolute Gasteiger partial charge is 0.310 e. The van der Waals surface area contributed by atoms with Crippen molar-refractivity contribution in [2.24, 2.45) is 29.6 Å². The summed E-state index contributed by atoms with van der Waals surface area (Å²) >= 11 is 0. The number of hydrogen-bond acceptors (Lipinski definition) is 5. The maximum atomic E-state index is 13.6. The van der Waals surface area contributed by atoms with Gasteiger partial charge in [-0.3, -0.25) is 14.4 Å². The van der Waals surface area contributed by atoms with E-state index in [1.165, 1.54) is 0 Å². The van der Waals surface area contributed by atoms with Crippen LogP contribution in [0.15, 0.2) is 12.2 Å². The summed E-state index contributed by atoms with van der Waals surface area (Å²) in [6.07, 6.45) is 6.23. The number of allylic oxidation sites excluding steroid dienone is 1. The molecule has 2 aliphatic rings. The van der Waals surface area contributed by atoms with Crippen molar-refractivity contribution >= 4 is 17.8 Å². The molecular formula is C23H38N2O5. The molecule has 0 unspecified atom stereocenters. The fourth-order valence-electron chi connectivity index (χ4n) is 4.85. The lowest BCUT2D eigenvalue weighted by Gasteiger charge is -2.34. The number of likely N-dealkylation sites (tertiary alicyclic amines) is 1. The number of fused-ring (bicyclic) bond motifs is 1. The van der Waals surface area contributed by atoms with Crippen LogP contribution in [0.4, 0.5) is 0 Å². The second-order valence-corrected chi connectivity index (χ2v) is 8.93. The fraction of sp³-hybridized carbons (Fsp3) is 0.783. The molecule has 2 rings (SSSR count). The molecule has 30 heavy (non-hydrogen) atoms. The van der Waals surface area contributed by atoms with Crippen LogP contribution in [0.3, 0.4) is 0 Å². The van der Waals surface area contributed by atoms with Crippen molar-refractivity contribution in [3.8, 4) is 0 Å². The maximum absolute atomic E-state index is 13.6. The van der Waals surface area contributed by atoms with Crippen molar-refractivity contribution in [3.63, 3.8) is 0 Å². The molecule has 1 aliphatic carbocycles. The second-order valence-electron chi connectivity index (χ2n) is 8.93. The molecule has 7 heteroatoms. The third-order valence-corrected chi connectivity index (χ3v) is 6.21. The third kappa shape index (κ3) is 5.05. The highest BCUT2D eigenvalue weighted by molar-refractivity contribution is 5.96. The predicted molar refractivity (Wildman–Crippen MR) is 114 cm³/mol. The Morgan fingerprint density at radius 1 is 1.27 bits per heavy atom. The Morgan fingerprint density at radius 2 is 1.97 bits per heavy atom. The first-order valence-corrected chi connectivity index (χ1v) is 11.3. The summed E-state index contributed by atoms with van der Waals surface area (Å²) in [5, 5.41) is 13.0. The number of nitrogens with one attached hydrogen (secondary N) is 1. The maximum Gasteiger partial charge on any atom is 0.310 e. The summed E-state index contributed by atoms with van der Waals surface area (Å²) in [6.45, 7) is 10.3. The van der Waals surface area contributed by atoms with Gasteiger partial charge in [0.05, 0.1) is 31.1 Å². The third-order valence-electron chi connectivity index (χ3n) is 6.21. The minimum absolute atomic E-state index is 0.157. The van der Waals surface area contributed by atoms with Crippen LogP contribution >= 0.6 is 0 Å². The molecule has 170 valence electrons. The molecular weight excluding hydrogens is 384 g/mol. The van der Waals surface area contributed by atoms with E-state index >= 15 is 0 Å². The molecule has 0 bridgehead atoms. The topological polar surface area (TPSA) is 95.9 Å². The zero-order chi connectivity index (χ0) is 22.4. The van der Waals surface area contributed by atoms with Gasteiger partial charge in [0.25, 0.3) is 0 Å². The van der Waals surface area contributed by atoms with Gasteiger partial charge in [-0.25, -0.2) is 0 Å². The van der Waals surface area contributed by atoms with Crippen molar-refractivity contribution in [2.45, 2.75) is 66.0 Å². The van der Waals surface area contributed by atoms with Crippen molar-refractivity contribution < 1.29 is 24.2 Å². The molecule has 0 aromatic rings. The van der Waals surface area contributed by atoms with Crippen LogP contribution in [0.1, 0.15) is 53.9 Å². The molecule has 0 saturated carbocycles. The SMILES string of the molecule is CCCCNC(=O)[C@@H]1[C@H]2C=C[C@@H](C)[C@@H](C(=O)OCC)[C@@H]2C(=O)N1[C@@H](CO)CC(C)C. The van der Waals surface area contributed by atoms with E-state index in [0.29, 0.717) is 13.0 Å². The van der Waals surface area contributed by atoms with Crippen molar-refractivity contribution in [3.05, 3.63) is 12.2 Å². The quantitative estimate of drug-likeness (QED) is 0.319. The van der Waals surface area contributed by atoms with E-state index in [0.717, 1.165) is 12.8 Å². The Hall–Kier alpha value is -1.89. The van der Waals surface area contributed by atoms with Gasteiger partial charge in [-0.1, -0.05) is 46.3 Å². The summed E-state index contributed by atoms with van der Waals surface area (Å²) < 4.78 is 5.28. The number of rotatable bonds is 10. The van der Waals surface area contributed by atoms with E-state index < -0.39 is 35.8 Å². The minimum atomic E-state index is -0.726. The summed E-state index contributed by atoms with van der Waals surface area (Å²) in [7, 11) is 0. The zero-order valence-electron chi connectivity index (χ0n) is 19.0. The number of aliphatic hydroxyl groups is 1. The molecule has 6 atom stereocenters. The van der Waals surface area contributed by atoms with Crippen LogP contribution in [0.25, 0.3) is 0 Å². The van der Waals surface area contributed by atoms with Crippen LogP contribution in [0.2, 0.25) is 0 Å². The lowest BCUT2D eigenvalue weighted by atomic mass is 9.70. The van der Waals surface area contributed by atoms with Gasteiger partial charge >= 0.3 is 5.97 Å². The van der Waals surface area contributed by atoms with Gasteiger partial charge in [0, 0.05) is 12.5 Å². The summed E-state index contributed by atoms with van der Waals surface area (Å²) in [5.74, 6) is -2.43. The van der Waals surface area contributed by atoms with Gasteiger partial charge in [0.1, 0.15) is 6.04 Å². The van der Waals surface area contributed by atoms with Gasteiger partial charge in [0.15, 0.2) is 0 Å². The molecule has 0 aromatic heterocycles. The van der Waals surface area contributed by atoms with Crippen molar-refractivity contribution in [2.75, 3.05) is 19.8 Å². The number of hydrogen-bond donors (Lipinski definition) is 2. The van der Waals surface area contributed by atoms with E-state index in [1.807, 2.05) is 39.8 Å². The largest absolute Gasteiger partial charge is 0.466 e. The Kier molecular flexibility index (Phi) is 8.89. The number of amides is 2. The molecule has 1 saturated heterocycles. The van der Waals surface area contributed by atoms with Crippen LogP contribution in [0, 0.1) is 29.6 Å². The van der Waals surface area contributed by atoms with E-state index in [2.05, 4.69) is 5.32 Å². The summed E-state index contributed by atoms with van der Waals surface area (Å²) in [5.41, 5.74) is 0. The zero-order valence-corrected chi connectivity index (χ0v) is 19.0. The normalized spacial score (nSPS) is 29.1. The van der Waals surface area contributed by atoms with Gasteiger partial charge in [-0.05, 0) is 31.6 Å². The van der Waals surface area contributed by atoms with Crippen molar-refractivity contribution in [1.29, 1.82) is 0 Å². The monoisotopic (exact) mass is 422 g/mol. The molecule has 0 spiro atoms.